The Morgan fingerprint density at radius 2 is 1.81 bits per heavy atom. The second kappa shape index (κ2) is 6.41. The average Bonchev–Trinajstić information content (AvgIpc) is 2.43. The molecule has 2 rings (SSSR count). The van der Waals surface area contributed by atoms with Crippen LogP contribution in [0.2, 0.25) is 5.02 Å². The second-order valence-corrected chi connectivity index (χ2v) is 5.05. The molecule has 0 saturated carbocycles. The lowest BCUT2D eigenvalue weighted by molar-refractivity contribution is -0.115. The van der Waals surface area contributed by atoms with E-state index >= 15 is 0 Å². The lowest BCUT2D eigenvalue weighted by Crippen LogP contribution is -2.14. The summed E-state index contributed by atoms with van der Waals surface area (Å²) in [6.45, 7) is 1.42. The summed E-state index contributed by atoms with van der Waals surface area (Å²) in [5.41, 5.74) is 1.68. The molecule has 0 aromatic heterocycles. The third-order valence-electron chi connectivity index (χ3n) is 2.93. The minimum absolute atomic E-state index is 0.156. The molecule has 0 aliphatic heterocycles. The van der Waals surface area contributed by atoms with Crippen LogP contribution in [0.25, 0.3) is 0 Å². The Labute approximate surface area is 127 Å². The van der Waals surface area contributed by atoms with Gasteiger partial charge in [0, 0.05) is 11.3 Å². The number of nitrogens with one attached hydrogen (secondary N) is 1. The molecule has 0 aliphatic carbocycles. The van der Waals surface area contributed by atoms with E-state index in [-0.39, 0.29) is 23.9 Å². The van der Waals surface area contributed by atoms with Crippen LogP contribution in [0.3, 0.4) is 0 Å². The standard InChI is InChI=1S/C16H14ClNO3/c1-10(19)14-9-12(4-7-15(14)17)18-16(21)8-11-2-5-13(20)6-3-11/h2-7,9,20H,8H2,1H3,(H,18,21). The maximum atomic E-state index is 11.9. The molecule has 0 spiro atoms. The number of phenolic OH excluding ortho intramolecular Hbond substituents is 1. The van der Waals surface area contributed by atoms with E-state index in [1.54, 1.807) is 30.3 Å². The van der Waals surface area contributed by atoms with Crippen LogP contribution in [0.4, 0.5) is 5.69 Å². The Morgan fingerprint density at radius 3 is 2.43 bits per heavy atom. The first kappa shape index (κ1) is 15.1. The first-order valence-corrected chi connectivity index (χ1v) is 6.72. The van der Waals surface area contributed by atoms with E-state index in [0.717, 1.165) is 5.56 Å². The van der Waals surface area contributed by atoms with E-state index < -0.39 is 0 Å². The van der Waals surface area contributed by atoms with Gasteiger partial charge in [0.2, 0.25) is 5.91 Å². The van der Waals surface area contributed by atoms with Crippen LogP contribution >= 0.6 is 11.6 Å². The lowest BCUT2D eigenvalue weighted by atomic mass is 10.1. The quantitative estimate of drug-likeness (QED) is 0.850. The number of phenols is 1. The number of Topliss-reactive ketones (excluding diaryl/α,β-unsaturated/α-hetero) is 1. The van der Waals surface area contributed by atoms with Gasteiger partial charge in [-0.05, 0) is 42.8 Å². The van der Waals surface area contributed by atoms with Gasteiger partial charge in [0.25, 0.3) is 0 Å². The van der Waals surface area contributed by atoms with Crippen molar-refractivity contribution in [2.75, 3.05) is 5.32 Å². The van der Waals surface area contributed by atoms with E-state index in [0.29, 0.717) is 16.3 Å². The fourth-order valence-electron chi connectivity index (χ4n) is 1.88. The highest BCUT2D eigenvalue weighted by Crippen LogP contribution is 2.21. The highest BCUT2D eigenvalue weighted by Gasteiger charge is 2.09. The van der Waals surface area contributed by atoms with Crippen LogP contribution in [-0.2, 0) is 11.2 Å². The van der Waals surface area contributed by atoms with Gasteiger partial charge in [0.15, 0.2) is 5.78 Å². The zero-order valence-electron chi connectivity index (χ0n) is 11.4. The van der Waals surface area contributed by atoms with Crippen molar-refractivity contribution in [3.63, 3.8) is 0 Å². The summed E-state index contributed by atoms with van der Waals surface area (Å²) in [7, 11) is 0. The number of rotatable bonds is 4. The highest BCUT2D eigenvalue weighted by atomic mass is 35.5. The summed E-state index contributed by atoms with van der Waals surface area (Å²) in [6.07, 6.45) is 0.179. The predicted molar refractivity (Wildman–Crippen MR) is 81.9 cm³/mol. The Morgan fingerprint density at radius 1 is 1.14 bits per heavy atom. The summed E-state index contributed by atoms with van der Waals surface area (Å²) in [5, 5.41) is 12.3. The SMILES string of the molecule is CC(=O)c1cc(NC(=O)Cc2ccc(O)cc2)ccc1Cl. The van der Waals surface area contributed by atoms with Crippen molar-refractivity contribution in [3.8, 4) is 5.75 Å². The molecular formula is C16H14ClNO3. The normalized spacial score (nSPS) is 10.2. The summed E-state index contributed by atoms with van der Waals surface area (Å²) in [4.78, 5) is 23.3. The molecule has 0 saturated heterocycles. The van der Waals surface area contributed by atoms with Crippen molar-refractivity contribution in [1.82, 2.24) is 0 Å². The van der Waals surface area contributed by atoms with Gasteiger partial charge in [0.1, 0.15) is 5.75 Å². The van der Waals surface area contributed by atoms with Gasteiger partial charge in [-0.3, -0.25) is 9.59 Å². The number of ketones is 1. The summed E-state index contributed by atoms with van der Waals surface area (Å²) < 4.78 is 0. The number of carbonyl (C=O) groups is 2. The van der Waals surface area contributed by atoms with Crippen LogP contribution in [-0.4, -0.2) is 16.8 Å². The Kier molecular flexibility index (Phi) is 4.60. The molecular weight excluding hydrogens is 290 g/mol. The zero-order chi connectivity index (χ0) is 15.4. The van der Waals surface area contributed by atoms with E-state index in [1.807, 2.05) is 0 Å². The maximum Gasteiger partial charge on any atom is 0.228 e. The van der Waals surface area contributed by atoms with Gasteiger partial charge in [-0.1, -0.05) is 23.7 Å². The van der Waals surface area contributed by atoms with Gasteiger partial charge >= 0.3 is 0 Å². The second-order valence-electron chi connectivity index (χ2n) is 4.64. The molecule has 0 bridgehead atoms. The number of amides is 1. The number of hydrogen-bond acceptors (Lipinski definition) is 3. The molecule has 0 aliphatic rings. The molecule has 0 atom stereocenters. The first-order chi connectivity index (χ1) is 9.95. The molecule has 5 heteroatoms. The fraction of sp³-hybridized carbons (Fsp3) is 0.125. The number of benzene rings is 2. The lowest BCUT2D eigenvalue weighted by Gasteiger charge is -2.08. The molecule has 108 valence electrons. The van der Waals surface area contributed by atoms with Gasteiger partial charge < -0.3 is 10.4 Å². The third kappa shape index (κ3) is 4.07. The number of aromatic hydroxyl groups is 1. The van der Waals surface area contributed by atoms with Crippen LogP contribution in [0.5, 0.6) is 5.75 Å². The summed E-state index contributed by atoms with van der Waals surface area (Å²) >= 11 is 5.92. The average molecular weight is 304 g/mol. The predicted octanol–water partition coefficient (Wildman–Crippen LogP) is 3.43. The minimum Gasteiger partial charge on any atom is -0.508 e. The Hall–Kier alpha value is -2.33. The van der Waals surface area contributed by atoms with Gasteiger partial charge in [-0.15, -0.1) is 0 Å². The number of halogens is 1. The van der Waals surface area contributed by atoms with E-state index in [4.69, 9.17) is 11.6 Å². The zero-order valence-corrected chi connectivity index (χ0v) is 12.1. The molecule has 0 heterocycles. The molecule has 2 aromatic carbocycles. The van der Waals surface area contributed by atoms with Crippen LogP contribution in [0, 0.1) is 0 Å². The highest BCUT2D eigenvalue weighted by molar-refractivity contribution is 6.34. The van der Waals surface area contributed by atoms with Crippen molar-refractivity contribution in [1.29, 1.82) is 0 Å². The van der Waals surface area contributed by atoms with Crippen molar-refractivity contribution < 1.29 is 14.7 Å². The molecule has 2 aromatic rings. The van der Waals surface area contributed by atoms with Crippen LogP contribution in [0.15, 0.2) is 42.5 Å². The monoisotopic (exact) mass is 303 g/mol. The first-order valence-electron chi connectivity index (χ1n) is 6.34. The topological polar surface area (TPSA) is 66.4 Å². The molecule has 2 N–H and O–H groups in total. The minimum atomic E-state index is -0.211. The van der Waals surface area contributed by atoms with Crippen molar-refractivity contribution >= 4 is 29.0 Å². The molecule has 0 radical (unpaired) electrons. The van der Waals surface area contributed by atoms with Crippen molar-refractivity contribution in [3.05, 3.63) is 58.6 Å². The van der Waals surface area contributed by atoms with E-state index in [9.17, 15) is 14.7 Å². The van der Waals surface area contributed by atoms with E-state index in [1.165, 1.54) is 19.1 Å². The fourth-order valence-corrected chi connectivity index (χ4v) is 2.13. The maximum absolute atomic E-state index is 11.9. The Bertz CT molecular complexity index is 680. The number of carbonyl (C=O) groups excluding carboxylic acids is 2. The van der Waals surface area contributed by atoms with Crippen molar-refractivity contribution in [2.24, 2.45) is 0 Å². The van der Waals surface area contributed by atoms with Crippen molar-refractivity contribution in [2.45, 2.75) is 13.3 Å². The van der Waals surface area contributed by atoms with E-state index in [2.05, 4.69) is 5.32 Å². The van der Waals surface area contributed by atoms with Gasteiger partial charge in [0.05, 0.1) is 11.4 Å². The molecule has 4 nitrogen and oxygen atoms in total. The Balaban J connectivity index is 2.07. The summed E-state index contributed by atoms with van der Waals surface area (Å²) in [5.74, 6) is -0.213. The van der Waals surface area contributed by atoms with Crippen LogP contribution in [0.1, 0.15) is 22.8 Å². The molecule has 21 heavy (non-hydrogen) atoms. The van der Waals surface area contributed by atoms with Gasteiger partial charge in [-0.2, -0.15) is 0 Å². The molecule has 0 fully saturated rings. The largest absolute Gasteiger partial charge is 0.508 e. The molecule has 1 amide bonds. The summed E-state index contributed by atoms with van der Waals surface area (Å²) in [6, 6.07) is 11.2. The number of anilines is 1. The third-order valence-corrected chi connectivity index (χ3v) is 3.26. The molecule has 0 unspecified atom stereocenters. The smallest absolute Gasteiger partial charge is 0.228 e. The van der Waals surface area contributed by atoms with Gasteiger partial charge in [-0.25, -0.2) is 0 Å². The number of hydrogen-bond donors (Lipinski definition) is 2. The van der Waals surface area contributed by atoms with Crippen LogP contribution < -0.4 is 5.32 Å².